The number of carbonyl (C=O) groups excluding carboxylic acids is 17. The van der Waals surface area contributed by atoms with Crippen molar-refractivity contribution in [3.63, 3.8) is 0 Å². The number of nitrogens with zero attached hydrogens (tertiary/aromatic N) is 5. The molecule has 754 valence electrons. The van der Waals surface area contributed by atoms with Crippen LogP contribution < -0.4 is 86.2 Å². The van der Waals surface area contributed by atoms with Gasteiger partial charge in [0.15, 0.2) is 5.96 Å². The van der Waals surface area contributed by atoms with Crippen LogP contribution in [0.2, 0.25) is 0 Å². The van der Waals surface area contributed by atoms with Crippen LogP contribution in [-0.2, 0) is 101 Å². The van der Waals surface area contributed by atoms with Crippen LogP contribution in [-0.4, -0.2) is 315 Å². The Kier molecular flexibility index (Phi) is 40.7. The molecule has 0 saturated carbocycles. The highest BCUT2D eigenvalue weighted by Gasteiger charge is 2.46. The number of guanidine groups is 1. The lowest BCUT2D eigenvalue weighted by molar-refractivity contribution is -0.149. The number of para-hydroxylation sites is 2. The molecule has 44 heteroatoms. The first kappa shape index (κ1) is 109. The number of benzene rings is 4. The average molecular weight is 1950 g/mol. The number of phenolic OH excluding ortho intramolecular Hbond substituents is 1. The van der Waals surface area contributed by atoms with Crippen molar-refractivity contribution in [1.29, 1.82) is 5.41 Å². The number of hydrogen-bond acceptors (Lipinski definition) is 23. The number of likely N-dealkylation sites (N-methyl/N-ethyl adjacent to an activating group) is 3. The van der Waals surface area contributed by atoms with Gasteiger partial charge in [0.05, 0.1) is 32.4 Å². The van der Waals surface area contributed by atoms with Gasteiger partial charge in [0.1, 0.15) is 96.1 Å². The van der Waals surface area contributed by atoms with Crippen LogP contribution in [0.4, 0.5) is 0 Å². The Balaban J connectivity index is 1.12. The SMILES string of the molecule is CCCC[C@H]1C(=O)N(C)[C@@H](CCCC)C(=O)NC(CCCNC(=N)N)C(=O)N[C@H](C(=O)NCC(N)=O)CSCC(=O)N[C@@H](Cc2ccc(O)cc2)C(=O)N(C)[C@@H](C)C(=O)N[C@@H](CC(N)=O)C(=O)N2CCC[C@H]2C(=O)N[C@@H](CN)C(=O)N[C@@H](CC(C)C)C(=O)N2CCC[C@H]2C(=O)N[C@@H](Cc2c[nH]c3ccccc23)C(=O)N[C@@H](CO)C(=O)N[C@@H](Cc2c(-c3ccc(OC)cc3)[nH]c3ccccc23)C(=O)N1C. The Morgan fingerprint density at radius 1 is 0.547 bits per heavy atom. The molecule has 43 nitrogen and oxygen atoms in total. The van der Waals surface area contributed by atoms with Crippen molar-refractivity contribution in [1.82, 2.24) is 93.0 Å². The number of aromatic hydroxyl groups is 1. The second-order valence-electron chi connectivity index (χ2n) is 35.6. The van der Waals surface area contributed by atoms with E-state index >= 15 is 38.4 Å². The minimum absolute atomic E-state index is 0.000249. The number of carbonyl (C=O) groups is 17. The van der Waals surface area contributed by atoms with E-state index in [-0.39, 0.29) is 108 Å². The van der Waals surface area contributed by atoms with Crippen LogP contribution in [0.1, 0.15) is 141 Å². The largest absolute Gasteiger partial charge is 0.508 e. The van der Waals surface area contributed by atoms with Crippen molar-refractivity contribution in [2.24, 2.45) is 28.9 Å². The fourth-order valence-corrected chi connectivity index (χ4v) is 18.1. The molecule has 24 N–H and O–H groups in total. The fraction of sp³-hybridized carbons (Fsp3) is 0.516. The molecule has 4 aromatic carbocycles. The molecule has 3 aliphatic rings. The quantitative estimate of drug-likeness (QED) is 0.0163. The second kappa shape index (κ2) is 52.0. The van der Waals surface area contributed by atoms with Gasteiger partial charge in [-0.1, -0.05) is 102 Å². The molecule has 2 aromatic heterocycles. The average Bonchev–Trinajstić information content (AvgIpc) is 1.65. The van der Waals surface area contributed by atoms with E-state index in [1.165, 1.54) is 64.3 Å². The molecule has 0 radical (unpaired) electrons. The number of aliphatic hydroxyl groups is 1. The van der Waals surface area contributed by atoms with Crippen molar-refractivity contribution in [3.8, 4) is 22.8 Å². The first-order valence-electron chi connectivity index (χ1n) is 46.8. The molecule has 1 unspecified atom stereocenters. The van der Waals surface area contributed by atoms with Gasteiger partial charge in [-0.2, -0.15) is 0 Å². The number of aliphatic hydroxyl groups excluding tert-OH is 1. The van der Waals surface area contributed by atoms with Crippen LogP contribution in [0.15, 0.2) is 103 Å². The molecule has 0 aliphatic carbocycles. The first-order chi connectivity index (χ1) is 66.3. The van der Waals surface area contributed by atoms with Gasteiger partial charge in [-0.3, -0.25) is 86.9 Å². The molecule has 3 aliphatic heterocycles. The molecule has 5 heterocycles. The lowest BCUT2D eigenvalue weighted by Crippen LogP contribution is -2.62. The number of nitrogens with two attached hydrogens (primary N) is 4. The number of methoxy groups -OCH3 is 1. The van der Waals surface area contributed by atoms with Gasteiger partial charge in [-0.25, -0.2) is 0 Å². The smallest absolute Gasteiger partial charge is 0.246 e. The number of H-pyrrole nitrogens is 2. The molecule has 3 fully saturated rings. The van der Waals surface area contributed by atoms with Gasteiger partial charge >= 0.3 is 0 Å². The van der Waals surface area contributed by atoms with E-state index in [0.29, 0.717) is 81.2 Å². The second-order valence-corrected chi connectivity index (χ2v) is 36.6. The van der Waals surface area contributed by atoms with E-state index in [9.17, 15) is 53.4 Å². The molecular weight excluding hydrogens is 1820 g/mol. The van der Waals surface area contributed by atoms with Crippen LogP contribution in [0.3, 0.4) is 0 Å². The summed E-state index contributed by atoms with van der Waals surface area (Å²) in [5.74, 6) is -17.1. The van der Waals surface area contributed by atoms with Crippen LogP contribution in [0.5, 0.6) is 11.5 Å². The highest BCUT2D eigenvalue weighted by molar-refractivity contribution is 8.00. The molecule has 9 rings (SSSR count). The number of unbranched alkanes of at least 4 members (excludes halogenated alkanes) is 2. The highest BCUT2D eigenvalue weighted by atomic mass is 32.2. The maximum absolute atomic E-state index is 16.2. The molecule has 6 aromatic rings. The number of fused-ring (bicyclic) bond motifs is 4. The van der Waals surface area contributed by atoms with Crippen molar-refractivity contribution in [2.75, 3.05) is 79.1 Å². The molecule has 3 saturated heterocycles. The molecule has 14 atom stereocenters. The topological polar surface area (TPSA) is 648 Å². The Bertz CT molecular complexity index is 5390. The monoisotopic (exact) mass is 1950 g/mol. The lowest BCUT2D eigenvalue weighted by atomic mass is 9.96. The zero-order valence-corrected chi connectivity index (χ0v) is 80.7. The minimum Gasteiger partial charge on any atom is -0.508 e. The lowest BCUT2D eigenvalue weighted by Gasteiger charge is -2.36. The van der Waals surface area contributed by atoms with Crippen molar-refractivity contribution >= 4 is 140 Å². The predicted molar refractivity (Wildman–Crippen MR) is 517 cm³/mol. The van der Waals surface area contributed by atoms with Gasteiger partial charge in [-0.05, 0) is 141 Å². The van der Waals surface area contributed by atoms with Crippen molar-refractivity contribution in [3.05, 3.63) is 120 Å². The van der Waals surface area contributed by atoms with Crippen molar-refractivity contribution < 1.29 is 96.5 Å². The number of rotatable bonds is 27. The van der Waals surface area contributed by atoms with E-state index in [2.05, 4.69) is 68.5 Å². The Morgan fingerprint density at radius 2 is 1.09 bits per heavy atom. The van der Waals surface area contributed by atoms with Gasteiger partial charge in [0.2, 0.25) is 100 Å². The number of aromatic amines is 2. The first-order valence-corrected chi connectivity index (χ1v) is 48.0. The third-order valence-electron chi connectivity index (χ3n) is 25.1. The summed E-state index contributed by atoms with van der Waals surface area (Å²) in [5.41, 5.74) is 26.9. The maximum atomic E-state index is 16.2. The van der Waals surface area contributed by atoms with Gasteiger partial charge < -0.3 is 131 Å². The molecular formula is C95H133N23O20S. The Labute approximate surface area is 809 Å². The predicted octanol–water partition coefficient (Wildman–Crippen LogP) is -1.23. The molecule has 0 bridgehead atoms. The third kappa shape index (κ3) is 29.8. The van der Waals surface area contributed by atoms with Gasteiger partial charge in [0, 0.05) is 106 Å². The minimum atomic E-state index is -1.90. The molecule has 17 amide bonds. The van der Waals surface area contributed by atoms with Gasteiger partial charge in [-0.15, -0.1) is 11.8 Å². The maximum Gasteiger partial charge on any atom is 0.246 e. The number of aromatic nitrogens is 2. The normalized spacial score (nSPS) is 23.8. The highest BCUT2D eigenvalue weighted by Crippen LogP contribution is 2.34. The summed E-state index contributed by atoms with van der Waals surface area (Å²) in [7, 11) is 5.43. The number of amides is 17. The van der Waals surface area contributed by atoms with Gasteiger partial charge in [0.25, 0.3) is 0 Å². The zero-order valence-electron chi connectivity index (χ0n) is 79.8. The van der Waals surface area contributed by atoms with Crippen LogP contribution >= 0.6 is 11.8 Å². The number of ether oxygens (including phenoxy) is 1. The molecule has 139 heavy (non-hydrogen) atoms. The zero-order chi connectivity index (χ0) is 102. The standard InChI is InChI=1S/C95H133N23O20S/c1-10-12-26-73-87(130)106-64(25-18-38-101-95(99)100)83(126)113-72(82(125)103-48-78(98)122)50-139-51-79(123)104-67(42-54-30-34-57(120)35-31-54)90(133)114(6)53(5)81(124)108-69(45-77(97)121)93(136)118-40-20-29-75(118)89(132)111-70(46-96)85(128)109-66(41-52(3)4)92(135)117-39-19-28-74(117)88(131)107-65(43-56-47-102-62-23-16-14-21-59(56)62)84(127)112-71(49-119)86(129)110-68(91(134)116(8)76(27-13-11-2)94(137)115(73)7)44-61-60-22-15-17-24-63(60)105-80(61)55-32-36-58(138-9)37-33-55/h14-17,21-24,30-37,47,52-53,64-76,102,105,119-120H,10-13,18-20,25-29,38-46,48-51,96H2,1-9H3,(H2,97,121)(H2,98,122)(H,103,125)(H,104,123)(H,106,130)(H,107,131)(H,108,124)(H,109,128)(H,110,129)(H,111,132)(H,112,127)(H,113,126)(H4,99,100,101)/t53-,64?,65-,66-,67-,68-,69-,70-,71-,72-,73-,74-,75-,76-/m0/s1. The summed E-state index contributed by atoms with van der Waals surface area (Å²) in [6.07, 6.45) is 1.78. The number of phenols is 1. The van der Waals surface area contributed by atoms with Crippen molar-refractivity contribution in [2.45, 2.75) is 228 Å². The van der Waals surface area contributed by atoms with E-state index in [1.807, 2.05) is 19.9 Å². The Morgan fingerprint density at radius 3 is 1.69 bits per heavy atom. The third-order valence-corrected chi connectivity index (χ3v) is 26.1. The molecule has 0 spiro atoms. The summed E-state index contributed by atoms with van der Waals surface area (Å²) in [5, 5.41) is 60.0. The summed E-state index contributed by atoms with van der Waals surface area (Å²) in [4.78, 5) is 263. The summed E-state index contributed by atoms with van der Waals surface area (Å²) >= 11 is 0.762. The number of hydrogen-bond donors (Lipinski definition) is 20. The van der Waals surface area contributed by atoms with E-state index < -0.39 is 229 Å². The number of primary amides is 2. The van der Waals surface area contributed by atoms with E-state index in [1.54, 1.807) is 86.8 Å². The Hall–Kier alpha value is -13.9. The number of thioether (sulfide) groups is 1. The summed E-state index contributed by atoms with van der Waals surface area (Å²) in [6.45, 7) is 6.00. The van der Waals surface area contributed by atoms with E-state index in [4.69, 9.17) is 33.1 Å². The summed E-state index contributed by atoms with van der Waals surface area (Å²) in [6, 6.07) is 5.33. The number of nitrogens with one attached hydrogen (secondary N) is 14. The van der Waals surface area contributed by atoms with Crippen LogP contribution in [0.25, 0.3) is 33.1 Å². The van der Waals surface area contributed by atoms with Crippen LogP contribution in [0, 0.1) is 11.3 Å². The van der Waals surface area contributed by atoms with E-state index in [0.717, 1.165) is 31.4 Å². The fourth-order valence-electron chi connectivity index (χ4n) is 17.3. The summed E-state index contributed by atoms with van der Waals surface area (Å²) < 4.78 is 5.51.